The molecule has 170 valence electrons. The number of carboxylic acids is 1. The van der Waals surface area contributed by atoms with Gasteiger partial charge in [0, 0.05) is 11.6 Å². The highest BCUT2D eigenvalue weighted by Crippen LogP contribution is 2.48. The van der Waals surface area contributed by atoms with Crippen LogP contribution in [0.15, 0.2) is 49.1 Å². The van der Waals surface area contributed by atoms with Crippen LogP contribution in [0.1, 0.15) is 38.8 Å². The van der Waals surface area contributed by atoms with Crippen LogP contribution in [0, 0.1) is 0 Å². The maximum Gasteiger partial charge on any atom is 0.458 e. The van der Waals surface area contributed by atoms with Crippen LogP contribution in [0.2, 0.25) is 0 Å². The van der Waals surface area contributed by atoms with Crippen LogP contribution >= 0.6 is 0 Å². The lowest BCUT2D eigenvalue weighted by molar-refractivity contribution is -0.289. The second-order valence-electron chi connectivity index (χ2n) is 6.23. The Morgan fingerprint density at radius 3 is 2.06 bits per heavy atom. The smallest absolute Gasteiger partial charge is 0.458 e. The summed E-state index contributed by atoms with van der Waals surface area (Å²) in [5, 5.41) is 9.12. The first-order chi connectivity index (χ1) is 14.8. The predicted octanol–water partition coefficient (Wildman–Crippen LogP) is 4.91. The Morgan fingerprint density at radius 2 is 1.59 bits per heavy atom. The third-order valence-electron chi connectivity index (χ3n) is 4.20. The molecule has 2 aromatic carbocycles. The molecule has 0 atom stereocenters. The molecule has 6 nitrogen and oxygen atoms in total. The Balaban J connectivity index is 2.47. The topological polar surface area (TPSA) is 89.9 Å². The van der Waals surface area contributed by atoms with E-state index in [2.05, 4.69) is 6.58 Å². The minimum Gasteiger partial charge on any atom is -0.478 e. The fourth-order valence-electron chi connectivity index (χ4n) is 2.73. The number of rotatable bonds is 7. The molecule has 11 heteroatoms. The first-order valence-corrected chi connectivity index (χ1v) is 8.84. The summed E-state index contributed by atoms with van der Waals surface area (Å²) in [7, 11) is 0. The molecule has 0 heterocycles. The van der Waals surface area contributed by atoms with Crippen molar-refractivity contribution in [3.05, 3.63) is 71.3 Å². The molecule has 2 rings (SSSR count). The molecule has 0 aliphatic rings. The highest BCUT2D eigenvalue weighted by molar-refractivity contribution is 5.93. The summed E-state index contributed by atoms with van der Waals surface area (Å²) in [6.07, 6.45) is -5.66. The number of aromatic carboxylic acids is 1. The molecule has 0 spiro atoms. The molecule has 2 aromatic rings. The van der Waals surface area contributed by atoms with Crippen molar-refractivity contribution in [3.63, 3.8) is 0 Å². The molecule has 0 unspecified atom stereocenters. The van der Waals surface area contributed by atoms with E-state index < -0.39 is 58.9 Å². The number of hydrogen-bond donors (Lipinski definition) is 1. The fourth-order valence-corrected chi connectivity index (χ4v) is 2.73. The lowest BCUT2D eigenvalue weighted by Crippen LogP contribution is -2.36. The largest absolute Gasteiger partial charge is 0.478 e. The van der Waals surface area contributed by atoms with Crippen LogP contribution in [0.4, 0.5) is 22.0 Å². The molecule has 0 bridgehead atoms. The van der Waals surface area contributed by atoms with Crippen molar-refractivity contribution in [1.29, 1.82) is 0 Å². The van der Waals surface area contributed by atoms with Crippen molar-refractivity contribution in [2.75, 3.05) is 0 Å². The molecule has 32 heavy (non-hydrogen) atoms. The quantitative estimate of drug-likeness (QED) is 0.274. The van der Waals surface area contributed by atoms with Gasteiger partial charge in [0.15, 0.2) is 0 Å². The Morgan fingerprint density at radius 1 is 1.00 bits per heavy atom. The maximum absolute atomic E-state index is 14.2. The molecule has 0 aromatic heterocycles. The van der Waals surface area contributed by atoms with E-state index in [0.717, 1.165) is 24.3 Å². The molecular weight excluding hydrogens is 443 g/mol. The monoisotopic (exact) mass is 458 g/mol. The van der Waals surface area contributed by atoms with Crippen LogP contribution in [0.5, 0.6) is 11.5 Å². The Hall–Kier alpha value is -3.76. The predicted molar refractivity (Wildman–Crippen MR) is 100.0 cm³/mol. The first kappa shape index (κ1) is 24.5. The van der Waals surface area contributed by atoms with Crippen LogP contribution < -0.4 is 9.47 Å². The summed E-state index contributed by atoms with van der Waals surface area (Å²) in [6.45, 7) is 4.42. The van der Waals surface area contributed by atoms with Gasteiger partial charge in [0.1, 0.15) is 11.5 Å². The third-order valence-corrected chi connectivity index (χ3v) is 4.20. The number of ether oxygens (including phenoxy) is 2. The van der Waals surface area contributed by atoms with Gasteiger partial charge in [-0.05, 0) is 42.8 Å². The molecule has 0 aliphatic carbocycles. The Kier molecular flexibility index (Phi) is 7.02. The lowest BCUT2D eigenvalue weighted by Gasteiger charge is -2.25. The standard InChI is InChI=1S/C21H15F5O6/c1-3-13-15(10-9-14(18(28)29)17(13)20(22,23)21(24,25)26)32-19(30)11-5-7-12(8-6-11)31-16(27)4-2/h4-10H,2-3H2,1H3,(H,28,29). The van der Waals surface area contributed by atoms with Gasteiger partial charge in [-0.3, -0.25) is 0 Å². The number of carbonyl (C=O) groups excluding carboxylic acids is 2. The summed E-state index contributed by atoms with van der Waals surface area (Å²) >= 11 is 0. The SMILES string of the molecule is C=CC(=O)Oc1ccc(C(=O)Oc2ccc(C(=O)O)c(C(F)(F)C(F)(F)F)c2CC)cc1. The van der Waals surface area contributed by atoms with E-state index in [-0.39, 0.29) is 11.3 Å². The number of esters is 2. The van der Waals surface area contributed by atoms with E-state index in [0.29, 0.717) is 6.07 Å². The number of halogens is 5. The van der Waals surface area contributed by atoms with Gasteiger partial charge in [-0.15, -0.1) is 0 Å². The molecule has 0 radical (unpaired) electrons. The highest BCUT2D eigenvalue weighted by Gasteiger charge is 2.61. The molecular formula is C21H15F5O6. The van der Waals surface area contributed by atoms with Crippen LogP contribution in [-0.2, 0) is 17.1 Å². The van der Waals surface area contributed by atoms with Crippen LogP contribution in [-0.4, -0.2) is 29.2 Å². The van der Waals surface area contributed by atoms with E-state index in [1.54, 1.807) is 0 Å². The summed E-state index contributed by atoms with van der Waals surface area (Å²) in [5.74, 6) is -9.98. The van der Waals surface area contributed by atoms with Crippen LogP contribution in [0.25, 0.3) is 0 Å². The van der Waals surface area contributed by atoms with Gasteiger partial charge in [-0.25, -0.2) is 14.4 Å². The maximum atomic E-state index is 14.2. The highest BCUT2D eigenvalue weighted by atomic mass is 19.4. The van der Waals surface area contributed by atoms with Gasteiger partial charge in [-0.1, -0.05) is 13.5 Å². The van der Waals surface area contributed by atoms with Crippen molar-refractivity contribution in [1.82, 2.24) is 0 Å². The van der Waals surface area contributed by atoms with Crippen molar-refractivity contribution < 1.29 is 50.9 Å². The molecule has 0 amide bonds. The van der Waals surface area contributed by atoms with E-state index >= 15 is 0 Å². The minimum atomic E-state index is -6.08. The van der Waals surface area contributed by atoms with Gasteiger partial charge in [0.2, 0.25) is 0 Å². The third kappa shape index (κ3) is 4.93. The van der Waals surface area contributed by atoms with Crippen molar-refractivity contribution in [2.45, 2.75) is 25.4 Å². The van der Waals surface area contributed by atoms with Crippen molar-refractivity contribution in [3.8, 4) is 11.5 Å². The zero-order chi connectivity index (χ0) is 24.3. The minimum absolute atomic E-state index is 0.0543. The second kappa shape index (κ2) is 9.16. The van der Waals surface area contributed by atoms with Gasteiger partial charge in [0.05, 0.1) is 16.7 Å². The van der Waals surface area contributed by atoms with Crippen molar-refractivity contribution in [2.24, 2.45) is 0 Å². The number of alkyl halides is 5. The Labute approximate surface area is 177 Å². The summed E-state index contributed by atoms with van der Waals surface area (Å²) in [4.78, 5) is 34.8. The van der Waals surface area contributed by atoms with Gasteiger partial charge < -0.3 is 14.6 Å². The van der Waals surface area contributed by atoms with Gasteiger partial charge in [0.25, 0.3) is 0 Å². The van der Waals surface area contributed by atoms with Gasteiger partial charge >= 0.3 is 30.0 Å². The average molecular weight is 458 g/mol. The second-order valence-corrected chi connectivity index (χ2v) is 6.23. The molecule has 0 saturated carbocycles. The summed E-state index contributed by atoms with van der Waals surface area (Å²) < 4.78 is 77.2. The molecule has 0 aliphatic heterocycles. The Bertz CT molecular complexity index is 1060. The zero-order valence-corrected chi connectivity index (χ0v) is 16.3. The molecule has 0 fully saturated rings. The molecule has 0 saturated heterocycles. The average Bonchev–Trinajstić information content (AvgIpc) is 2.72. The van der Waals surface area contributed by atoms with E-state index in [1.165, 1.54) is 19.1 Å². The zero-order valence-electron chi connectivity index (χ0n) is 16.3. The van der Waals surface area contributed by atoms with E-state index in [9.17, 15) is 36.3 Å². The fraction of sp³-hybridized carbons (Fsp3) is 0.190. The first-order valence-electron chi connectivity index (χ1n) is 8.84. The van der Waals surface area contributed by atoms with E-state index in [1.807, 2.05) is 0 Å². The normalized spacial score (nSPS) is 11.6. The molecule has 1 N–H and O–H groups in total. The van der Waals surface area contributed by atoms with E-state index in [4.69, 9.17) is 14.6 Å². The summed E-state index contributed by atoms with van der Waals surface area (Å²) in [5.41, 5.74) is -3.98. The number of carboxylic acid groups (broad SMARTS) is 1. The van der Waals surface area contributed by atoms with Gasteiger partial charge in [-0.2, -0.15) is 22.0 Å². The lowest BCUT2D eigenvalue weighted by atomic mass is 9.92. The summed E-state index contributed by atoms with van der Waals surface area (Å²) in [6, 6.07) is 6.10. The number of carbonyl (C=O) groups is 3. The van der Waals surface area contributed by atoms with Crippen LogP contribution in [0.3, 0.4) is 0 Å². The van der Waals surface area contributed by atoms with Crippen molar-refractivity contribution >= 4 is 17.9 Å². The number of benzene rings is 2. The number of hydrogen-bond acceptors (Lipinski definition) is 5.